The lowest BCUT2D eigenvalue weighted by Gasteiger charge is -2.20. The lowest BCUT2D eigenvalue weighted by Crippen LogP contribution is -2.40. The molecule has 1 aliphatic rings. The molecule has 0 aliphatic carbocycles. The quantitative estimate of drug-likeness (QED) is 0.851. The van der Waals surface area contributed by atoms with Gasteiger partial charge in [-0.3, -0.25) is 4.68 Å². The van der Waals surface area contributed by atoms with E-state index >= 15 is 0 Å². The van der Waals surface area contributed by atoms with Crippen molar-refractivity contribution in [2.45, 2.75) is 25.5 Å². The van der Waals surface area contributed by atoms with E-state index in [0.29, 0.717) is 32.7 Å². The van der Waals surface area contributed by atoms with Crippen LogP contribution in [-0.2, 0) is 18.3 Å². The van der Waals surface area contributed by atoms with Gasteiger partial charge in [-0.05, 0) is 18.6 Å². The normalized spacial score (nSPS) is 22.8. The summed E-state index contributed by atoms with van der Waals surface area (Å²) in [6.07, 6.45) is 2.55. The fourth-order valence-corrected chi connectivity index (χ4v) is 2.62. The van der Waals surface area contributed by atoms with Gasteiger partial charge in [0.2, 0.25) is 0 Å². The number of hydrogen-bond acceptors (Lipinski definition) is 5. The summed E-state index contributed by atoms with van der Waals surface area (Å²) in [6.45, 7) is 4.26. The first kappa shape index (κ1) is 13.5. The van der Waals surface area contributed by atoms with Gasteiger partial charge in [0.1, 0.15) is 5.60 Å². The van der Waals surface area contributed by atoms with Crippen molar-refractivity contribution in [3.63, 3.8) is 0 Å². The minimum Gasteiger partial charge on any atom is -0.386 e. The Bertz CT molecular complexity index is 617. The van der Waals surface area contributed by atoms with Gasteiger partial charge in [-0.1, -0.05) is 0 Å². The van der Waals surface area contributed by atoms with Crippen molar-refractivity contribution >= 4 is 11.0 Å². The molecule has 2 N–H and O–H groups in total. The van der Waals surface area contributed by atoms with Crippen LogP contribution in [-0.4, -0.2) is 45.2 Å². The van der Waals surface area contributed by atoms with E-state index in [1.807, 2.05) is 20.2 Å². The lowest BCUT2D eigenvalue weighted by molar-refractivity contribution is 0.0268. The minimum absolute atomic E-state index is 0.416. The summed E-state index contributed by atoms with van der Waals surface area (Å²) in [5.74, 6) is 0. The average molecular weight is 276 g/mol. The number of ether oxygens (including phenoxy) is 1. The van der Waals surface area contributed by atoms with E-state index in [1.54, 1.807) is 4.68 Å². The SMILES string of the molecule is Cc1nn(C)c2ncc(CNCC3(O)CCOC3)cc12. The molecule has 1 saturated heterocycles. The Morgan fingerprint density at radius 1 is 1.55 bits per heavy atom. The van der Waals surface area contributed by atoms with Crippen LogP contribution in [0.3, 0.4) is 0 Å². The third kappa shape index (κ3) is 2.54. The molecule has 0 saturated carbocycles. The summed E-state index contributed by atoms with van der Waals surface area (Å²) in [4.78, 5) is 4.44. The number of hydrogen-bond donors (Lipinski definition) is 2. The van der Waals surface area contributed by atoms with Crippen molar-refractivity contribution in [1.29, 1.82) is 0 Å². The van der Waals surface area contributed by atoms with Crippen molar-refractivity contribution in [3.05, 3.63) is 23.5 Å². The first-order chi connectivity index (χ1) is 9.57. The fourth-order valence-electron chi connectivity index (χ4n) is 2.62. The van der Waals surface area contributed by atoms with Crippen LogP contribution in [0.25, 0.3) is 11.0 Å². The maximum Gasteiger partial charge on any atom is 0.157 e. The van der Waals surface area contributed by atoms with E-state index in [0.717, 1.165) is 22.3 Å². The number of rotatable bonds is 4. The number of aryl methyl sites for hydroxylation is 2. The molecule has 3 heterocycles. The van der Waals surface area contributed by atoms with Crippen LogP contribution in [0.1, 0.15) is 17.7 Å². The van der Waals surface area contributed by atoms with Crippen LogP contribution in [0.2, 0.25) is 0 Å². The standard InChI is InChI=1S/C14H20N4O2/c1-10-12-5-11(7-16-13(12)18(2)17-10)6-15-8-14(19)3-4-20-9-14/h5,7,15,19H,3-4,6,8-9H2,1-2H3. The highest BCUT2D eigenvalue weighted by Crippen LogP contribution is 2.18. The number of nitrogens with one attached hydrogen (secondary N) is 1. The summed E-state index contributed by atoms with van der Waals surface area (Å²) >= 11 is 0. The summed E-state index contributed by atoms with van der Waals surface area (Å²) in [5.41, 5.74) is 2.26. The first-order valence-corrected chi connectivity index (χ1v) is 6.86. The van der Waals surface area contributed by atoms with Gasteiger partial charge in [-0.2, -0.15) is 5.10 Å². The second kappa shape index (κ2) is 5.12. The minimum atomic E-state index is -0.720. The predicted octanol–water partition coefficient (Wildman–Crippen LogP) is 0.518. The van der Waals surface area contributed by atoms with Crippen molar-refractivity contribution < 1.29 is 9.84 Å². The van der Waals surface area contributed by atoms with Crippen LogP contribution in [0, 0.1) is 6.92 Å². The molecule has 3 rings (SSSR count). The van der Waals surface area contributed by atoms with E-state index in [1.165, 1.54) is 0 Å². The van der Waals surface area contributed by atoms with E-state index in [-0.39, 0.29) is 0 Å². The Morgan fingerprint density at radius 2 is 2.40 bits per heavy atom. The van der Waals surface area contributed by atoms with Crippen molar-refractivity contribution in [1.82, 2.24) is 20.1 Å². The Morgan fingerprint density at radius 3 is 3.15 bits per heavy atom. The second-order valence-electron chi connectivity index (χ2n) is 5.55. The smallest absolute Gasteiger partial charge is 0.157 e. The van der Waals surface area contributed by atoms with Gasteiger partial charge in [0.15, 0.2) is 5.65 Å². The predicted molar refractivity (Wildman–Crippen MR) is 75.3 cm³/mol. The number of fused-ring (bicyclic) bond motifs is 1. The molecule has 1 fully saturated rings. The van der Waals surface area contributed by atoms with E-state index in [9.17, 15) is 5.11 Å². The summed E-state index contributed by atoms with van der Waals surface area (Å²) in [5, 5.41) is 18.9. The largest absolute Gasteiger partial charge is 0.386 e. The zero-order valence-corrected chi connectivity index (χ0v) is 11.9. The third-order valence-electron chi connectivity index (χ3n) is 3.79. The van der Waals surface area contributed by atoms with Crippen LogP contribution in [0.4, 0.5) is 0 Å². The topological polar surface area (TPSA) is 72.2 Å². The molecule has 6 heteroatoms. The number of aliphatic hydroxyl groups is 1. The highest BCUT2D eigenvalue weighted by molar-refractivity contribution is 5.78. The molecular weight excluding hydrogens is 256 g/mol. The molecular formula is C14H20N4O2. The fraction of sp³-hybridized carbons (Fsp3) is 0.571. The Balaban J connectivity index is 1.67. The van der Waals surface area contributed by atoms with Crippen LogP contribution in [0.5, 0.6) is 0 Å². The Hall–Kier alpha value is -1.50. The maximum absolute atomic E-state index is 10.2. The molecule has 6 nitrogen and oxygen atoms in total. The van der Waals surface area contributed by atoms with Gasteiger partial charge in [-0.25, -0.2) is 4.98 Å². The van der Waals surface area contributed by atoms with Crippen LogP contribution < -0.4 is 5.32 Å². The molecule has 0 bridgehead atoms. The molecule has 0 amide bonds. The van der Waals surface area contributed by atoms with E-state index < -0.39 is 5.60 Å². The van der Waals surface area contributed by atoms with Crippen molar-refractivity contribution in [3.8, 4) is 0 Å². The Labute approximate surface area is 117 Å². The van der Waals surface area contributed by atoms with Gasteiger partial charge in [0.25, 0.3) is 0 Å². The monoisotopic (exact) mass is 276 g/mol. The second-order valence-corrected chi connectivity index (χ2v) is 5.55. The highest BCUT2D eigenvalue weighted by atomic mass is 16.5. The van der Waals surface area contributed by atoms with Crippen molar-refractivity contribution in [2.24, 2.45) is 7.05 Å². The zero-order chi connectivity index (χ0) is 14.2. The van der Waals surface area contributed by atoms with Gasteiger partial charge in [-0.15, -0.1) is 0 Å². The number of nitrogens with zero attached hydrogens (tertiary/aromatic N) is 3. The Kier molecular flexibility index (Phi) is 3.45. The third-order valence-corrected chi connectivity index (χ3v) is 3.79. The lowest BCUT2D eigenvalue weighted by atomic mass is 10.0. The number of pyridine rings is 1. The maximum atomic E-state index is 10.2. The van der Waals surface area contributed by atoms with Crippen molar-refractivity contribution in [2.75, 3.05) is 19.8 Å². The average Bonchev–Trinajstić information content (AvgIpc) is 2.96. The molecule has 1 aliphatic heterocycles. The summed E-state index contributed by atoms with van der Waals surface area (Å²) in [7, 11) is 1.90. The molecule has 0 aromatic carbocycles. The highest BCUT2D eigenvalue weighted by Gasteiger charge is 2.31. The molecule has 0 spiro atoms. The van der Waals surface area contributed by atoms with E-state index in [2.05, 4.69) is 21.5 Å². The van der Waals surface area contributed by atoms with Crippen LogP contribution >= 0.6 is 0 Å². The zero-order valence-electron chi connectivity index (χ0n) is 11.9. The molecule has 1 unspecified atom stereocenters. The molecule has 20 heavy (non-hydrogen) atoms. The molecule has 2 aromatic rings. The molecule has 1 atom stereocenters. The summed E-state index contributed by atoms with van der Waals surface area (Å²) < 4.78 is 7.02. The first-order valence-electron chi connectivity index (χ1n) is 6.86. The van der Waals surface area contributed by atoms with Gasteiger partial charge < -0.3 is 15.2 Å². The van der Waals surface area contributed by atoms with Gasteiger partial charge in [0.05, 0.1) is 12.3 Å². The molecule has 0 radical (unpaired) electrons. The van der Waals surface area contributed by atoms with Gasteiger partial charge in [0, 0.05) is 44.7 Å². The molecule has 2 aromatic heterocycles. The van der Waals surface area contributed by atoms with Gasteiger partial charge >= 0.3 is 0 Å². The summed E-state index contributed by atoms with van der Waals surface area (Å²) in [6, 6.07) is 2.10. The molecule has 108 valence electrons. The van der Waals surface area contributed by atoms with Crippen LogP contribution in [0.15, 0.2) is 12.3 Å². The van der Waals surface area contributed by atoms with E-state index in [4.69, 9.17) is 4.74 Å². The number of aromatic nitrogens is 3.